The van der Waals surface area contributed by atoms with Gasteiger partial charge in [0.1, 0.15) is 6.54 Å². The molecule has 1 fully saturated rings. The molecule has 1 heterocycles. The van der Waals surface area contributed by atoms with Crippen LogP contribution in [0.5, 0.6) is 0 Å². The number of anilines is 1. The zero-order valence-electron chi connectivity index (χ0n) is 14.6. The van der Waals surface area contributed by atoms with E-state index in [1.165, 1.54) is 0 Å². The second-order valence-electron chi connectivity index (χ2n) is 6.22. The normalized spacial score (nSPS) is 15.8. The Morgan fingerprint density at radius 2 is 2.00 bits per heavy atom. The van der Waals surface area contributed by atoms with Crippen molar-refractivity contribution < 1.29 is 13.2 Å². The number of carbonyl (C=O) groups excluding carboxylic acids is 1. The summed E-state index contributed by atoms with van der Waals surface area (Å²) >= 11 is 5.92. The summed E-state index contributed by atoms with van der Waals surface area (Å²) in [4.78, 5) is 14.4. The first kappa shape index (κ1) is 19.7. The lowest BCUT2D eigenvalue weighted by molar-refractivity contribution is -0.119. The third-order valence-corrected chi connectivity index (χ3v) is 5.38. The highest BCUT2D eigenvalue weighted by atomic mass is 35.5. The van der Waals surface area contributed by atoms with Crippen LogP contribution in [-0.2, 0) is 14.8 Å². The molecule has 0 saturated carbocycles. The van der Waals surface area contributed by atoms with Crippen LogP contribution < -0.4 is 9.73 Å². The van der Waals surface area contributed by atoms with Crippen molar-refractivity contribution in [2.24, 2.45) is 5.10 Å². The summed E-state index contributed by atoms with van der Waals surface area (Å²) in [5, 5.41) is 4.64. The number of likely N-dealkylation sites (tertiary alicyclic amines) is 1. The molecule has 138 valence electrons. The van der Waals surface area contributed by atoms with E-state index in [1.54, 1.807) is 25.1 Å². The van der Waals surface area contributed by atoms with Crippen LogP contribution >= 0.6 is 11.6 Å². The van der Waals surface area contributed by atoms with Crippen LogP contribution in [0.2, 0.25) is 5.02 Å². The Kier molecular flexibility index (Phi) is 6.42. The number of sulfonamides is 1. The predicted octanol–water partition coefficient (Wildman–Crippen LogP) is 1.61. The van der Waals surface area contributed by atoms with Gasteiger partial charge in [0.2, 0.25) is 10.0 Å². The van der Waals surface area contributed by atoms with Crippen LogP contribution in [0.4, 0.5) is 5.69 Å². The molecule has 0 radical (unpaired) electrons. The van der Waals surface area contributed by atoms with Crippen molar-refractivity contribution in [1.29, 1.82) is 0 Å². The van der Waals surface area contributed by atoms with Gasteiger partial charge in [0.25, 0.3) is 5.91 Å². The first-order valence-corrected chi connectivity index (χ1v) is 10.2. The number of carbonyl (C=O) groups is 1. The van der Waals surface area contributed by atoms with Crippen LogP contribution in [0.3, 0.4) is 0 Å². The fourth-order valence-corrected chi connectivity index (χ4v) is 3.72. The van der Waals surface area contributed by atoms with Crippen LogP contribution in [0.15, 0.2) is 23.3 Å². The number of hydrogen-bond donors (Lipinski definition) is 1. The molecular weight excluding hydrogens is 364 g/mol. The third-order valence-electron chi connectivity index (χ3n) is 4.02. The summed E-state index contributed by atoms with van der Waals surface area (Å²) < 4.78 is 25.3. The van der Waals surface area contributed by atoms with Crippen LogP contribution in [0.25, 0.3) is 0 Å². The van der Waals surface area contributed by atoms with Crippen LogP contribution in [0.1, 0.15) is 18.4 Å². The topological polar surface area (TPSA) is 82.1 Å². The fourth-order valence-electron chi connectivity index (χ4n) is 2.58. The molecule has 0 bridgehead atoms. The number of hydrazone groups is 1. The highest BCUT2D eigenvalue weighted by Crippen LogP contribution is 2.25. The van der Waals surface area contributed by atoms with E-state index in [2.05, 4.69) is 15.4 Å². The van der Waals surface area contributed by atoms with Crippen molar-refractivity contribution in [3.8, 4) is 0 Å². The Balaban J connectivity index is 2.10. The van der Waals surface area contributed by atoms with Gasteiger partial charge in [-0.05, 0) is 37.7 Å². The smallest absolute Gasteiger partial charge is 0.260 e. The first-order valence-electron chi connectivity index (χ1n) is 7.93. The van der Waals surface area contributed by atoms with Gasteiger partial charge in [-0.3, -0.25) is 9.10 Å². The van der Waals surface area contributed by atoms with Crippen molar-refractivity contribution >= 4 is 38.9 Å². The van der Waals surface area contributed by atoms with Crippen molar-refractivity contribution in [1.82, 2.24) is 10.3 Å². The van der Waals surface area contributed by atoms with E-state index in [1.807, 2.05) is 7.05 Å². The molecule has 0 atom stereocenters. The molecule has 1 aliphatic heterocycles. The van der Waals surface area contributed by atoms with Gasteiger partial charge in [-0.15, -0.1) is 0 Å². The Bertz CT molecular complexity index is 770. The number of amides is 1. The van der Waals surface area contributed by atoms with E-state index in [0.717, 1.165) is 42.2 Å². The molecule has 9 heteroatoms. The molecule has 0 aliphatic carbocycles. The number of benzene rings is 1. The highest BCUT2D eigenvalue weighted by molar-refractivity contribution is 7.92. The quantitative estimate of drug-likeness (QED) is 0.779. The van der Waals surface area contributed by atoms with Crippen molar-refractivity contribution in [3.05, 3.63) is 28.8 Å². The summed E-state index contributed by atoms with van der Waals surface area (Å²) in [6.45, 7) is 3.20. The lowest BCUT2D eigenvalue weighted by atomic mass is 10.1. The fraction of sp³-hybridized carbons (Fsp3) is 0.500. The largest absolute Gasteiger partial charge is 0.306 e. The number of halogens is 1. The Hall–Kier alpha value is -1.64. The average molecular weight is 387 g/mol. The van der Waals surface area contributed by atoms with Gasteiger partial charge in [0, 0.05) is 36.7 Å². The minimum absolute atomic E-state index is 0.335. The molecule has 0 spiro atoms. The summed E-state index contributed by atoms with van der Waals surface area (Å²) in [6.07, 6.45) is 2.66. The third kappa shape index (κ3) is 5.69. The Morgan fingerprint density at radius 3 is 2.56 bits per heavy atom. The molecule has 1 N–H and O–H groups in total. The summed E-state index contributed by atoms with van der Waals surface area (Å²) in [7, 11) is -1.59. The first-order chi connectivity index (χ1) is 11.7. The zero-order valence-corrected chi connectivity index (χ0v) is 16.2. The van der Waals surface area contributed by atoms with E-state index < -0.39 is 15.9 Å². The number of aryl methyl sites for hydroxylation is 1. The highest BCUT2D eigenvalue weighted by Gasteiger charge is 2.22. The SMILES string of the molecule is Cc1cc(Cl)ccc1N(CC(=O)NN=C1CCN(C)CC1)S(C)(=O)=O. The zero-order chi connectivity index (χ0) is 18.6. The van der Waals surface area contributed by atoms with Crippen molar-refractivity contribution in [2.75, 3.05) is 37.2 Å². The minimum atomic E-state index is -3.62. The second kappa shape index (κ2) is 8.16. The lowest BCUT2D eigenvalue weighted by Gasteiger charge is -2.24. The maximum Gasteiger partial charge on any atom is 0.260 e. The van der Waals surface area contributed by atoms with Gasteiger partial charge in [-0.2, -0.15) is 5.10 Å². The molecule has 1 amide bonds. The lowest BCUT2D eigenvalue weighted by Crippen LogP contribution is -2.40. The van der Waals surface area contributed by atoms with Crippen molar-refractivity contribution in [2.45, 2.75) is 19.8 Å². The van der Waals surface area contributed by atoms with Crippen molar-refractivity contribution in [3.63, 3.8) is 0 Å². The van der Waals surface area contributed by atoms with Gasteiger partial charge >= 0.3 is 0 Å². The minimum Gasteiger partial charge on any atom is -0.306 e. The van der Waals surface area contributed by atoms with E-state index in [9.17, 15) is 13.2 Å². The summed E-state index contributed by atoms with van der Waals surface area (Å²) in [5.74, 6) is -0.480. The summed E-state index contributed by atoms with van der Waals surface area (Å²) in [5.41, 5.74) is 4.48. The van der Waals surface area contributed by atoms with Gasteiger partial charge in [0.15, 0.2) is 0 Å². The van der Waals surface area contributed by atoms with Crippen LogP contribution in [-0.4, -0.2) is 57.9 Å². The number of piperidine rings is 1. The molecule has 1 aromatic carbocycles. The molecule has 2 rings (SSSR count). The van der Waals surface area contributed by atoms with Gasteiger partial charge in [-0.1, -0.05) is 11.6 Å². The maximum absolute atomic E-state index is 12.2. The maximum atomic E-state index is 12.2. The number of nitrogens with one attached hydrogen (secondary N) is 1. The Labute approximate surface area is 153 Å². The van der Waals surface area contributed by atoms with Gasteiger partial charge in [-0.25, -0.2) is 13.8 Å². The van der Waals surface area contributed by atoms with Crippen LogP contribution in [0, 0.1) is 6.92 Å². The average Bonchev–Trinajstić information content (AvgIpc) is 2.52. The number of nitrogens with zero attached hydrogens (tertiary/aromatic N) is 3. The molecule has 25 heavy (non-hydrogen) atoms. The Morgan fingerprint density at radius 1 is 1.36 bits per heavy atom. The summed E-state index contributed by atoms with van der Waals surface area (Å²) in [6, 6.07) is 4.85. The second-order valence-corrected chi connectivity index (χ2v) is 8.56. The van der Waals surface area contributed by atoms with Gasteiger partial charge < -0.3 is 4.90 Å². The molecule has 0 aromatic heterocycles. The molecule has 1 aliphatic rings. The van der Waals surface area contributed by atoms with E-state index in [-0.39, 0.29) is 6.54 Å². The molecule has 1 saturated heterocycles. The molecule has 1 aromatic rings. The monoisotopic (exact) mass is 386 g/mol. The van der Waals surface area contributed by atoms with E-state index in [0.29, 0.717) is 16.3 Å². The standard InChI is InChI=1S/C16H23ClN4O3S/c1-12-10-13(17)4-5-15(12)21(25(3,23)24)11-16(22)19-18-14-6-8-20(2)9-7-14/h4-5,10H,6-9,11H2,1-3H3,(H,19,22). The van der Waals surface area contributed by atoms with Gasteiger partial charge in [0.05, 0.1) is 11.9 Å². The van der Waals surface area contributed by atoms with E-state index >= 15 is 0 Å². The predicted molar refractivity (Wildman–Crippen MR) is 101 cm³/mol. The number of hydrogen-bond acceptors (Lipinski definition) is 5. The molecule has 0 unspecified atom stereocenters. The molecular formula is C16H23ClN4O3S. The number of rotatable bonds is 5. The molecule has 7 nitrogen and oxygen atoms in total. The van der Waals surface area contributed by atoms with E-state index in [4.69, 9.17) is 11.6 Å².